The van der Waals surface area contributed by atoms with Crippen LogP contribution in [0.25, 0.3) is 0 Å². The second-order valence-corrected chi connectivity index (χ2v) is 6.42. The standard InChI is InChI=1S/C19H17N3O2S/c23-18(11-16-7-4-10-25-16)21-13-14-5-1-2-8-17(14)22-19(24)15-6-3-9-20-12-15/h1-10,12H,11,13H2,(H,21,23)(H,22,24). The number of thiophene rings is 1. The molecule has 2 amide bonds. The fourth-order valence-electron chi connectivity index (χ4n) is 2.32. The number of nitrogens with one attached hydrogen (secondary N) is 2. The van der Waals surface area contributed by atoms with E-state index < -0.39 is 0 Å². The van der Waals surface area contributed by atoms with Crippen molar-refractivity contribution >= 4 is 28.8 Å². The van der Waals surface area contributed by atoms with Gasteiger partial charge in [-0.3, -0.25) is 14.6 Å². The number of carbonyl (C=O) groups excluding carboxylic acids is 2. The molecule has 5 nitrogen and oxygen atoms in total. The minimum Gasteiger partial charge on any atom is -0.352 e. The molecule has 0 atom stereocenters. The van der Waals surface area contributed by atoms with E-state index in [1.165, 1.54) is 6.20 Å². The number of amides is 2. The quantitative estimate of drug-likeness (QED) is 0.716. The van der Waals surface area contributed by atoms with E-state index in [-0.39, 0.29) is 11.8 Å². The Bertz CT molecular complexity index is 848. The molecule has 0 unspecified atom stereocenters. The van der Waals surface area contributed by atoms with Crippen molar-refractivity contribution in [3.8, 4) is 0 Å². The smallest absolute Gasteiger partial charge is 0.257 e. The fourth-order valence-corrected chi connectivity index (χ4v) is 3.02. The number of pyridine rings is 1. The van der Waals surface area contributed by atoms with Crippen molar-refractivity contribution in [3.05, 3.63) is 82.3 Å². The molecule has 0 fully saturated rings. The van der Waals surface area contributed by atoms with Gasteiger partial charge in [0.05, 0.1) is 12.0 Å². The zero-order valence-electron chi connectivity index (χ0n) is 13.4. The van der Waals surface area contributed by atoms with Gasteiger partial charge in [-0.25, -0.2) is 0 Å². The van der Waals surface area contributed by atoms with Gasteiger partial charge in [-0.1, -0.05) is 24.3 Å². The lowest BCUT2D eigenvalue weighted by molar-refractivity contribution is -0.120. The number of benzene rings is 1. The Balaban J connectivity index is 1.62. The van der Waals surface area contributed by atoms with Crippen LogP contribution in [0.15, 0.2) is 66.3 Å². The monoisotopic (exact) mass is 351 g/mol. The zero-order valence-corrected chi connectivity index (χ0v) is 14.3. The number of aromatic nitrogens is 1. The predicted octanol–water partition coefficient (Wildman–Crippen LogP) is 3.25. The van der Waals surface area contributed by atoms with Crippen molar-refractivity contribution in [3.63, 3.8) is 0 Å². The van der Waals surface area contributed by atoms with Gasteiger partial charge in [-0.05, 0) is 35.2 Å². The molecule has 0 aliphatic heterocycles. The first-order chi connectivity index (χ1) is 12.2. The highest BCUT2D eigenvalue weighted by molar-refractivity contribution is 7.10. The molecule has 0 saturated heterocycles. The maximum Gasteiger partial charge on any atom is 0.257 e. The third-order valence-electron chi connectivity index (χ3n) is 3.58. The molecule has 25 heavy (non-hydrogen) atoms. The molecule has 0 saturated carbocycles. The normalized spacial score (nSPS) is 10.2. The maximum absolute atomic E-state index is 12.3. The minimum absolute atomic E-state index is 0.0455. The number of para-hydroxylation sites is 1. The Kier molecular flexibility index (Phi) is 5.53. The fraction of sp³-hybridized carbons (Fsp3) is 0.105. The molecule has 126 valence electrons. The van der Waals surface area contributed by atoms with Gasteiger partial charge >= 0.3 is 0 Å². The van der Waals surface area contributed by atoms with Gasteiger partial charge in [0.25, 0.3) is 5.91 Å². The summed E-state index contributed by atoms with van der Waals surface area (Å²) in [5.41, 5.74) is 2.01. The van der Waals surface area contributed by atoms with E-state index in [1.54, 1.807) is 29.7 Å². The lowest BCUT2D eigenvalue weighted by atomic mass is 10.1. The van der Waals surface area contributed by atoms with Crippen LogP contribution >= 0.6 is 11.3 Å². The Morgan fingerprint density at radius 3 is 2.68 bits per heavy atom. The second-order valence-electron chi connectivity index (χ2n) is 5.39. The molecule has 3 aromatic rings. The average Bonchev–Trinajstić information content (AvgIpc) is 3.14. The highest BCUT2D eigenvalue weighted by Crippen LogP contribution is 2.16. The molecule has 2 N–H and O–H groups in total. The van der Waals surface area contributed by atoms with Crippen LogP contribution in [0, 0.1) is 0 Å². The van der Waals surface area contributed by atoms with Crippen molar-refractivity contribution in [2.24, 2.45) is 0 Å². The van der Waals surface area contributed by atoms with Gasteiger partial charge in [0.2, 0.25) is 5.91 Å². The summed E-state index contributed by atoms with van der Waals surface area (Å²) < 4.78 is 0. The summed E-state index contributed by atoms with van der Waals surface area (Å²) in [5, 5.41) is 7.71. The van der Waals surface area contributed by atoms with Gasteiger partial charge < -0.3 is 10.6 Å². The van der Waals surface area contributed by atoms with Crippen LogP contribution in [0.3, 0.4) is 0 Å². The lowest BCUT2D eigenvalue weighted by Crippen LogP contribution is -2.25. The summed E-state index contributed by atoms with van der Waals surface area (Å²) in [7, 11) is 0. The molecular formula is C19H17N3O2S. The van der Waals surface area contributed by atoms with E-state index >= 15 is 0 Å². The maximum atomic E-state index is 12.3. The van der Waals surface area contributed by atoms with E-state index in [0.29, 0.717) is 24.2 Å². The lowest BCUT2D eigenvalue weighted by Gasteiger charge is -2.12. The first kappa shape index (κ1) is 16.9. The molecule has 0 radical (unpaired) electrons. The van der Waals surface area contributed by atoms with Gasteiger partial charge in [-0.2, -0.15) is 0 Å². The first-order valence-electron chi connectivity index (χ1n) is 7.81. The van der Waals surface area contributed by atoms with E-state index in [4.69, 9.17) is 0 Å². The molecule has 3 rings (SSSR count). The Morgan fingerprint density at radius 1 is 1.04 bits per heavy atom. The molecule has 0 bridgehead atoms. The largest absolute Gasteiger partial charge is 0.352 e. The van der Waals surface area contributed by atoms with Crippen molar-refractivity contribution in [2.75, 3.05) is 5.32 Å². The van der Waals surface area contributed by atoms with E-state index in [2.05, 4.69) is 15.6 Å². The van der Waals surface area contributed by atoms with Crippen LogP contribution in [0.2, 0.25) is 0 Å². The van der Waals surface area contributed by atoms with E-state index in [0.717, 1.165) is 10.4 Å². The molecular weight excluding hydrogens is 334 g/mol. The molecule has 2 heterocycles. The summed E-state index contributed by atoms with van der Waals surface area (Å²) in [6.45, 7) is 0.355. The first-order valence-corrected chi connectivity index (χ1v) is 8.69. The summed E-state index contributed by atoms with van der Waals surface area (Å²) in [4.78, 5) is 29.3. The van der Waals surface area contributed by atoms with Gasteiger partial charge in [0.1, 0.15) is 0 Å². The van der Waals surface area contributed by atoms with E-state index in [9.17, 15) is 9.59 Å². The zero-order chi connectivity index (χ0) is 17.5. The Labute approximate surface area is 149 Å². The van der Waals surface area contributed by atoms with Gasteiger partial charge in [-0.15, -0.1) is 11.3 Å². The number of carbonyl (C=O) groups is 2. The van der Waals surface area contributed by atoms with Gasteiger partial charge in [0, 0.05) is 29.5 Å². The molecule has 0 spiro atoms. The average molecular weight is 351 g/mol. The van der Waals surface area contributed by atoms with Gasteiger partial charge in [0.15, 0.2) is 0 Å². The van der Waals surface area contributed by atoms with Crippen molar-refractivity contribution in [1.82, 2.24) is 10.3 Å². The summed E-state index contributed by atoms with van der Waals surface area (Å²) in [5.74, 6) is -0.277. The van der Waals surface area contributed by atoms with Crippen molar-refractivity contribution in [2.45, 2.75) is 13.0 Å². The number of nitrogens with zero attached hydrogens (tertiary/aromatic N) is 1. The topological polar surface area (TPSA) is 71.1 Å². The van der Waals surface area contributed by atoms with Crippen LogP contribution in [0.1, 0.15) is 20.8 Å². The number of anilines is 1. The highest BCUT2D eigenvalue weighted by atomic mass is 32.1. The number of hydrogen-bond acceptors (Lipinski definition) is 4. The molecule has 6 heteroatoms. The highest BCUT2D eigenvalue weighted by Gasteiger charge is 2.10. The van der Waals surface area contributed by atoms with Crippen LogP contribution in [-0.4, -0.2) is 16.8 Å². The number of rotatable bonds is 6. The third kappa shape index (κ3) is 4.74. The Hall–Kier alpha value is -2.99. The second kappa shape index (κ2) is 8.21. The molecule has 0 aliphatic rings. The van der Waals surface area contributed by atoms with E-state index in [1.807, 2.05) is 41.8 Å². The van der Waals surface area contributed by atoms with Crippen molar-refractivity contribution in [1.29, 1.82) is 0 Å². The molecule has 2 aromatic heterocycles. The molecule has 0 aliphatic carbocycles. The summed E-state index contributed by atoms with van der Waals surface area (Å²) in [6, 6.07) is 14.7. The molecule has 1 aromatic carbocycles. The SMILES string of the molecule is O=C(Cc1cccs1)NCc1ccccc1NC(=O)c1cccnc1. The minimum atomic E-state index is -0.231. The number of hydrogen-bond donors (Lipinski definition) is 2. The summed E-state index contributed by atoms with van der Waals surface area (Å²) in [6.07, 6.45) is 3.50. The van der Waals surface area contributed by atoms with Crippen LogP contribution in [-0.2, 0) is 17.8 Å². The third-order valence-corrected chi connectivity index (χ3v) is 4.46. The predicted molar refractivity (Wildman–Crippen MR) is 98.5 cm³/mol. The van der Waals surface area contributed by atoms with Crippen LogP contribution < -0.4 is 10.6 Å². The Morgan fingerprint density at radius 2 is 1.92 bits per heavy atom. The van der Waals surface area contributed by atoms with Crippen LogP contribution in [0.5, 0.6) is 0 Å². The van der Waals surface area contributed by atoms with Crippen LogP contribution in [0.4, 0.5) is 5.69 Å². The summed E-state index contributed by atoms with van der Waals surface area (Å²) >= 11 is 1.56. The van der Waals surface area contributed by atoms with Crippen molar-refractivity contribution < 1.29 is 9.59 Å².